The van der Waals surface area contributed by atoms with E-state index in [0.29, 0.717) is 0 Å². The van der Waals surface area contributed by atoms with E-state index in [1.54, 1.807) is 0 Å². The van der Waals surface area contributed by atoms with Crippen molar-refractivity contribution in [3.63, 3.8) is 0 Å². The van der Waals surface area contributed by atoms with Gasteiger partial charge < -0.3 is 4.90 Å². The monoisotopic (exact) mass is 189 g/mol. The molecule has 0 heterocycles. The molecule has 0 aliphatic heterocycles. The smallest absolute Gasteiger partial charge is 0.00899 e. The van der Waals surface area contributed by atoms with E-state index in [4.69, 9.17) is 0 Å². The van der Waals surface area contributed by atoms with Gasteiger partial charge in [-0.1, -0.05) is 26.7 Å². The number of unbranched alkanes of at least 4 members (excludes halogenated alkanes) is 1. The van der Waals surface area contributed by atoms with Gasteiger partial charge in [0.05, 0.1) is 0 Å². The van der Waals surface area contributed by atoms with Gasteiger partial charge in [0, 0.05) is 18.3 Å². The SMILES string of the molecule is CCCCC(CC)N(C)CCS. The highest BCUT2D eigenvalue weighted by atomic mass is 32.1. The van der Waals surface area contributed by atoms with Gasteiger partial charge in [0.25, 0.3) is 0 Å². The first-order chi connectivity index (χ1) is 5.76. The average Bonchev–Trinajstić information content (AvgIpc) is 2.06. The fourth-order valence-corrected chi connectivity index (χ4v) is 1.83. The van der Waals surface area contributed by atoms with Crippen molar-refractivity contribution in [1.82, 2.24) is 4.90 Å². The summed E-state index contributed by atoms with van der Waals surface area (Å²) in [6.07, 6.45) is 5.28. The highest BCUT2D eigenvalue weighted by Crippen LogP contribution is 2.10. The molecule has 0 saturated carbocycles. The van der Waals surface area contributed by atoms with Gasteiger partial charge in [0.2, 0.25) is 0 Å². The Bertz CT molecular complexity index is 95.8. The number of thiol groups is 1. The summed E-state index contributed by atoms with van der Waals surface area (Å²) in [7, 11) is 2.21. The summed E-state index contributed by atoms with van der Waals surface area (Å²) in [6, 6.07) is 0.775. The lowest BCUT2D eigenvalue weighted by molar-refractivity contribution is 0.233. The molecule has 0 aliphatic rings. The third kappa shape index (κ3) is 5.04. The van der Waals surface area contributed by atoms with Crippen LogP contribution in [0.15, 0.2) is 0 Å². The number of hydrogen-bond donors (Lipinski definition) is 1. The van der Waals surface area contributed by atoms with Crippen LogP contribution in [-0.2, 0) is 0 Å². The molecule has 0 aliphatic carbocycles. The summed E-state index contributed by atoms with van der Waals surface area (Å²) in [5.74, 6) is 0.971. The van der Waals surface area contributed by atoms with Crippen LogP contribution >= 0.6 is 12.6 Å². The predicted molar refractivity (Wildman–Crippen MR) is 60.1 cm³/mol. The summed E-state index contributed by atoms with van der Waals surface area (Å²) < 4.78 is 0. The van der Waals surface area contributed by atoms with E-state index in [1.807, 2.05) is 0 Å². The average molecular weight is 189 g/mol. The molecule has 1 atom stereocenters. The quantitative estimate of drug-likeness (QED) is 0.603. The Morgan fingerprint density at radius 1 is 1.33 bits per heavy atom. The third-order valence-electron chi connectivity index (χ3n) is 2.44. The first-order valence-electron chi connectivity index (χ1n) is 5.07. The summed E-state index contributed by atoms with van der Waals surface area (Å²) >= 11 is 4.24. The van der Waals surface area contributed by atoms with Crippen molar-refractivity contribution in [3.8, 4) is 0 Å². The summed E-state index contributed by atoms with van der Waals surface area (Å²) in [5.41, 5.74) is 0. The van der Waals surface area contributed by atoms with Crippen LogP contribution in [0.5, 0.6) is 0 Å². The van der Waals surface area contributed by atoms with Crippen LogP contribution in [-0.4, -0.2) is 30.3 Å². The zero-order chi connectivity index (χ0) is 9.40. The van der Waals surface area contributed by atoms with E-state index < -0.39 is 0 Å². The van der Waals surface area contributed by atoms with Crippen LogP contribution < -0.4 is 0 Å². The molecule has 0 radical (unpaired) electrons. The first-order valence-corrected chi connectivity index (χ1v) is 5.70. The molecule has 0 aromatic heterocycles. The summed E-state index contributed by atoms with van der Waals surface area (Å²) in [5, 5.41) is 0. The molecule has 0 amide bonds. The zero-order valence-corrected chi connectivity index (χ0v) is 9.61. The maximum absolute atomic E-state index is 4.24. The van der Waals surface area contributed by atoms with Gasteiger partial charge in [0.15, 0.2) is 0 Å². The molecule has 0 aromatic rings. The number of rotatable bonds is 7. The fraction of sp³-hybridized carbons (Fsp3) is 1.00. The van der Waals surface area contributed by atoms with Crippen LogP contribution in [0.2, 0.25) is 0 Å². The van der Waals surface area contributed by atoms with Gasteiger partial charge in [-0.2, -0.15) is 12.6 Å². The first kappa shape index (κ1) is 12.3. The van der Waals surface area contributed by atoms with Crippen molar-refractivity contribution in [3.05, 3.63) is 0 Å². The lowest BCUT2D eigenvalue weighted by Gasteiger charge is -2.26. The topological polar surface area (TPSA) is 3.24 Å². The molecule has 12 heavy (non-hydrogen) atoms. The molecular formula is C10H23NS. The second kappa shape index (κ2) is 7.93. The minimum Gasteiger partial charge on any atom is -0.303 e. The zero-order valence-electron chi connectivity index (χ0n) is 8.71. The largest absolute Gasteiger partial charge is 0.303 e. The standard InChI is InChI=1S/C10H23NS/c1-4-6-7-10(5-2)11(3)8-9-12/h10,12H,4-9H2,1-3H3. The number of hydrogen-bond acceptors (Lipinski definition) is 2. The maximum Gasteiger partial charge on any atom is 0.00899 e. The molecule has 0 aromatic carbocycles. The third-order valence-corrected chi connectivity index (χ3v) is 2.64. The minimum atomic E-state index is 0.775. The second-order valence-electron chi connectivity index (χ2n) is 3.41. The molecule has 1 unspecified atom stereocenters. The van der Waals surface area contributed by atoms with E-state index in [0.717, 1.165) is 18.3 Å². The Kier molecular flexibility index (Phi) is 8.14. The molecular weight excluding hydrogens is 166 g/mol. The Morgan fingerprint density at radius 3 is 2.42 bits per heavy atom. The lowest BCUT2D eigenvalue weighted by atomic mass is 10.1. The Morgan fingerprint density at radius 2 is 2.00 bits per heavy atom. The molecule has 0 fully saturated rings. The van der Waals surface area contributed by atoms with Crippen LogP contribution in [0.1, 0.15) is 39.5 Å². The van der Waals surface area contributed by atoms with Crippen LogP contribution in [0.25, 0.3) is 0 Å². The highest BCUT2D eigenvalue weighted by molar-refractivity contribution is 7.80. The van der Waals surface area contributed by atoms with E-state index in [2.05, 4.69) is 38.4 Å². The van der Waals surface area contributed by atoms with Gasteiger partial charge in [-0.05, 0) is 19.9 Å². The molecule has 0 bridgehead atoms. The Hall–Kier alpha value is 0.310. The van der Waals surface area contributed by atoms with Crippen LogP contribution in [0, 0.1) is 0 Å². The van der Waals surface area contributed by atoms with Crippen LogP contribution in [0.3, 0.4) is 0 Å². The van der Waals surface area contributed by atoms with Crippen molar-refractivity contribution < 1.29 is 0 Å². The van der Waals surface area contributed by atoms with Gasteiger partial charge in [-0.15, -0.1) is 0 Å². The van der Waals surface area contributed by atoms with Crippen molar-refractivity contribution >= 4 is 12.6 Å². The van der Waals surface area contributed by atoms with Crippen molar-refractivity contribution in [2.75, 3.05) is 19.3 Å². The van der Waals surface area contributed by atoms with Crippen molar-refractivity contribution in [2.24, 2.45) is 0 Å². The van der Waals surface area contributed by atoms with E-state index >= 15 is 0 Å². The fourth-order valence-electron chi connectivity index (χ4n) is 1.52. The van der Waals surface area contributed by atoms with Crippen LogP contribution in [0.4, 0.5) is 0 Å². The molecule has 74 valence electrons. The maximum atomic E-state index is 4.24. The summed E-state index contributed by atoms with van der Waals surface area (Å²) in [6.45, 7) is 5.64. The lowest BCUT2D eigenvalue weighted by Crippen LogP contribution is -2.32. The molecule has 1 nitrogen and oxygen atoms in total. The van der Waals surface area contributed by atoms with Crippen molar-refractivity contribution in [1.29, 1.82) is 0 Å². The van der Waals surface area contributed by atoms with Crippen molar-refractivity contribution in [2.45, 2.75) is 45.6 Å². The predicted octanol–water partition coefficient (Wildman–Crippen LogP) is 2.82. The molecule has 0 N–H and O–H groups in total. The van der Waals surface area contributed by atoms with Gasteiger partial charge >= 0.3 is 0 Å². The Labute approximate surface area is 82.9 Å². The van der Waals surface area contributed by atoms with Gasteiger partial charge in [-0.3, -0.25) is 0 Å². The second-order valence-corrected chi connectivity index (χ2v) is 3.86. The highest BCUT2D eigenvalue weighted by Gasteiger charge is 2.10. The normalized spacial score (nSPS) is 13.8. The van der Waals surface area contributed by atoms with Gasteiger partial charge in [0.1, 0.15) is 0 Å². The van der Waals surface area contributed by atoms with Gasteiger partial charge in [-0.25, -0.2) is 0 Å². The van der Waals surface area contributed by atoms with E-state index in [-0.39, 0.29) is 0 Å². The summed E-state index contributed by atoms with van der Waals surface area (Å²) in [4.78, 5) is 2.43. The molecule has 0 spiro atoms. The minimum absolute atomic E-state index is 0.775. The van der Waals surface area contributed by atoms with E-state index in [1.165, 1.54) is 25.7 Å². The molecule has 0 rings (SSSR count). The van der Waals surface area contributed by atoms with E-state index in [9.17, 15) is 0 Å². The number of nitrogens with zero attached hydrogens (tertiary/aromatic N) is 1. The molecule has 2 heteroatoms. The Balaban J connectivity index is 3.62. The molecule has 0 saturated heterocycles.